The molecule has 3 nitrogen and oxygen atoms in total. The lowest BCUT2D eigenvalue weighted by atomic mass is 10.1. The zero-order chi connectivity index (χ0) is 16.4. The number of nitrogens with one attached hydrogen (secondary N) is 1. The predicted molar refractivity (Wildman–Crippen MR) is 70.7 cm³/mol. The molecule has 2 rings (SSSR count). The number of carbonyl (C=O) groups is 2. The van der Waals surface area contributed by atoms with Crippen molar-refractivity contribution in [1.82, 2.24) is 0 Å². The molecule has 0 unspecified atom stereocenters. The van der Waals surface area contributed by atoms with Gasteiger partial charge in [-0.25, -0.2) is 17.6 Å². The molecular formula is C15H9F4NO2. The maximum absolute atomic E-state index is 13.8. The van der Waals surface area contributed by atoms with Crippen LogP contribution in [0.2, 0.25) is 0 Å². The normalized spacial score (nSPS) is 10.4. The number of anilines is 1. The fourth-order valence-electron chi connectivity index (χ4n) is 1.83. The second-order valence-corrected chi connectivity index (χ2v) is 4.38. The van der Waals surface area contributed by atoms with Crippen molar-refractivity contribution in [2.75, 3.05) is 5.32 Å². The van der Waals surface area contributed by atoms with Gasteiger partial charge < -0.3 is 5.32 Å². The van der Waals surface area contributed by atoms with Crippen molar-refractivity contribution in [2.45, 2.75) is 6.92 Å². The van der Waals surface area contributed by atoms with Crippen LogP contribution in [0.1, 0.15) is 27.6 Å². The monoisotopic (exact) mass is 311 g/mol. The molecule has 0 aromatic heterocycles. The van der Waals surface area contributed by atoms with Gasteiger partial charge >= 0.3 is 0 Å². The van der Waals surface area contributed by atoms with Crippen LogP contribution in [0.3, 0.4) is 0 Å². The maximum atomic E-state index is 13.8. The largest absolute Gasteiger partial charge is 0.317 e. The van der Waals surface area contributed by atoms with Crippen LogP contribution in [0.25, 0.3) is 0 Å². The summed E-state index contributed by atoms with van der Waals surface area (Å²) in [6, 6.07) is 7.31. The topological polar surface area (TPSA) is 46.2 Å². The first-order chi connectivity index (χ1) is 10.3. The zero-order valence-corrected chi connectivity index (χ0v) is 11.2. The van der Waals surface area contributed by atoms with Crippen LogP contribution in [-0.2, 0) is 0 Å². The van der Waals surface area contributed by atoms with E-state index in [0.717, 1.165) is 6.92 Å². The smallest absolute Gasteiger partial charge is 0.255 e. The third kappa shape index (κ3) is 2.69. The van der Waals surface area contributed by atoms with Gasteiger partial charge in [0.2, 0.25) is 0 Å². The second kappa shape index (κ2) is 5.97. The second-order valence-electron chi connectivity index (χ2n) is 4.38. The Balaban J connectivity index is 2.49. The van der Waals surface area contributed by atoms with E-state index in [4.69, 9.17) is 0 Å². The summed E-state index contributed by atoms with van der Waals surface area (Å²) in [7, 11) is 0. The summed E-state index contributed by atoms with van der Waals surface area (Å²) < 4.78 is 54.9. The Morgan fingerprint density at radius 3 is 1.82 bits per heavy atom. The first kappa shape index (κ1) is 15.7. The zero-order valence-electron chi connectivity index (χ0n) is 11.2. The van der Waals surface area contributed by atoms with Gasteiger partial charge in [0.15, 0.2) is 29.1 Å². The molecule has 1 N–H and O–H groups in total. The molecule has 2 aromatic carbocycles. The van der Waals surface area contributed by atoms with Crippen molar-refractivity contribution in [1.29, 1.82) is 0 Å². The van der Waals surface area contributed by atoms with Gasteiger partial charge in [0.25, 0.3) is 5.91 Å². The lowest BCUT2D eigenvalue weighted by Crippen LogP contribution is -2.18. The number of hydrogen-bond donors (Lipinski definition) is 1. The highest BCUT2D eigenvalue weighted by atomic mass is 19.2. The molecule has 0 saturated heterocycles. The van der Waals surface area contributed by atoms with E-state index in [1.54, 1.807) is 11.4 Å². The summed E-state index contributed by atoms with van der Waals surface area (Å²) in [6.45, 7) is 0.766. The lowest BCUT2D eigenvalue weighted by molar-refractivity contribution is 0.100. The van der Waals surface area contributed by atoms with Crippen LogP contribution < -0.4 is 5.32 Å². The third-order valence-electron chi connectivity index (χ3n) is 2.89. The van der Waals surface area contributed by atoms with E-state index in [9.17, 15) is 27.2 Å². The Morgan fingerprint density at radius 2 is 1.36 bits per heavy atom. The summed E-state index contributed by atoms with van der Waals surface area (Å²) in [5.74, 6) is -9.51. The number of ketones is 1. The van der Waals surface area contributed by atoms with E-state index in [0.29, 0.717) is 0 Å². The van der Waals surface area contributed by atoms with Crippen molar-refractivity contribution >= 4 is 17.4 Å². The van der Waals surface area contributed by atoms with Crippen LogP contribution in [0, 0.1) is 23.3 Å². The molecule has 0 saturated carbocycles. The van der Waals surface area contributed by atoms with Crippen LogP contribution in [0.4, 0.5) is 23.2 Å². The molecule has 0 heterocycles. The molecule has 0 aliphatic heterocycles. The number of benzene rings is 2. The molecule has 0 aliphatic rings. The number of Topliss-reactive ketones (excluding diaryl/α,β-unsaturated/α-hetero) is 1. The average Bonchev–Trinajstić information content (AvgIpc) is 2.50. The van der Waals surface area contributed by atoms with E-state index in [1.807, 2.05) is 0 Å². The van der Waals surface area contributed by atoms with Gasteiger partial charge in [-0.1, -0.05) is 18.2 Å². The highest BCUT2D eigenvalue weighted by molar-refractivity contribution is 6.04. The predicted octanol–water partition coefficient (Wildman–Crippen LogP) is 3.70. The number of hydrogen-bond acceptors (Lipinski definition) is 2. The first-order valence-electron chi connectivity index (χ1n) is 6.07. The molecular weight excluding hydrogens is 302 g/mol. The Morgan fingerprint density at radius 1 is 0.864 bits per heavy atom. The van der Waals surface area contributed by atoms with Crippen molar-refractivity contribution < 1.29 is 27.2 Å². The molecule has 0 atom stereocenters. The average molecular weight is 311 g/mol. The van der Waals surface area contributed by atoms with Crippen molar-refractivity contribution in [2.24, 2.45) is 0 Å². The minimum atomic E-state index is -1.85. The van der Waals surface area contributed by atoms with Crippen molar-refractivity contribution in [3.05, 3.63) is 64.7 Å². The quantitative estimate of drug-likeness (QED) is 0.534. The van der Waals surface area contributed by atoms with Crippen LogP contribution in [-0.4, -0.2) is 11.7 Å². The van der Waals surface area contributed by atoms with E-state index >= 15 is 0 Å². The SMILES string of the molecule is CC(=O)c1c(F)c(F)c(NC(=O)c2ccccc2)c(F)c1F. The molecule has 7 heteroatoms. The minimum Gasteiger partial charge on any atom is -0.317 e. The lowest BCUT2D eigenvalue weighted by Gasteiger charge is -2.11. The van der Waals surface area contributed by atoms with E-state index in [1.165, 1.54) is 24.3 Å². The molecule has 0 spiro atoms. The van der Waals surface area contributed by atoms with Gasteiger partial charge in [-0.15, -0.1) is 0 Å². The van der Waals surface area contributed by atoms with Gasteiger partial charge in [-0.2, -0.15) is 0 Å². The minimum absolute atomic E-state index is 0.0396. The highest BCUT2D eigenvalue weighted by Crippen LogP contribution is 2.28. The summed E-state index contributed by atoms with van der Waals surface area (Å²) in [5, 5.41) is 1.76. The molecule has 114 valence electrons. The number of amides is 1. The fraction of sp³-hybridized carbons (Fsp3) is 0.0667. The van der Waals surface area contributed by atoms with E-state index in [-0.39, 0.29) is 5.56 Å². The van der Waals surface area contributed by atoms with Gasteiger partial charge in [-0.05, 0) is 19.1 Å². The van der Waals surface area contributed by atoms with Crippen LogP contribution in [0.5, 0.6) is 0 Å². The fourth-order valence-corrected chi connectivity index (χ4v) is 1.83. The summed E-state index contributed by atoms with van der Waals surface area (Å²) in [5.41, 5.74) is -2.57. The molecule has 0 radical (unpaired) electrons. The first-order valence-corrected chi connectivity index (χ1v) is 6.07. The summed E-state index contributed by atoms with van der Waals surface area (Å²) in [4.78, 5) is 22.8. The van der Waals surface area contributed by atoms with Gasteiger partial charge in [0.05, 0.1) is 5.56 Å². The molecule has 22 heavy (non-hydrogen) atoms. The summed E-state index contributed by atoms with van der Waals surface area (Å²) >= 11 is 0. The number of halogens is 4. The van der Waals surface area contributed by atoms with Crippen LogP contribution >= 0.6 is 0 Å². The molecule has 0 fully saturated rings. The Labute approximate surface area is 122 Å². The molecule has 0 aliphatic carbocycles. The van der Waals surface area contributed by atoms with E-state index in [2.05, 4.69) is 0 Å². The van der Waals surface area contributed by atoms with Gasteiger partial charge in [0, 0.05) is 5.56 Å². The van der Waals surface area contributed by atoms with E-state index < -0.39 is 46.2 Å². The molecule has 2 aromatic rings. The highest BCUT2D eigenvalue weighted by Gasteiger charge is 2.28. The van der Waals surface area contributed by atoms with Gasteiger partial charge in [-0.3, -0.25) is 9.59 Å². The number of rotatable bonds is 3. The Bertz CT molecular complexity index is 731. The molecule has 0 bridgehead atoms. The van der Waals surface area contributed by atoms with Crippen LogP contribution in [0.15, 0.2) is 30.3 Å². The maximum Gasteiger partial charge on any atom is 0.255 e. The van der Waals surface area contributed by atoms with Gasteiger partial charge in [0.1, 0.15) is 5.69 Å². The van der Waals surface area contributed by atoms with Crippen molar-refractivity contribution in [3.63, 3.8) is 0 Å². The third-order valence-corrected chi connectivity index (χ3v) is 2.89. The Kier molecular flexibility index (Phi) is 4.25. The molecule has 1 amide bonds. The standard InChI is InChI=1S/C15H9F4NO2/c1-7(21)9-10(16)12(18)14(13(19)11(9)17)20-15(22)8-5-3-2-4-6-8/h2-6H,1H3,(H,20,22). The Hall–Kier alpha value is -2.70. The van der Waals surface area contributed by atoms with Crippen molar-refractivity contribution in [3.8, 4) is 0 Å². The summed E-state index contributed by atoms with van der Waals surface area (Å²) in [6.07, 6.45) is 0. The number of carbonyl (C=O) groups excluding carboxylic acids is 2.